The van der Waals surface area contributed by atoms with E-state index < -0.39 is 0 Å². The van der Waals surface area contributed by atoms with Crippen LogP contribution in [0.5, 0.6) is 0 Å². The van der Waals surface area contributed by atoms with Crippen LogP contribution < -0.4 is 5.32 Å². The second-order valence-electron chi connectivity index (χ2n) is 4.89. The zero-order valence-corrected chi connectivity index (χ0v) is 12.6. The summed E-state index contributed by atoms with van der Waals surface area (Å²) < 4.78 is 4.11. The predicted octanol–water partition coefficient (Wildman–Crippen LogP) is 2.15. The third-order valence-electron chi connectivity index (χ3n) is 3.61. The minimum Gasteiger partial charge on any atom is -0.317 e. The fourth-order valence-electron chi connectivity index (χ4n) is 2.32. The van der Waals surface area contributed by atoms with E-state index in [1.165, 1.54) is 0 Å². The highest BCUT2D eigenvalue weighted by Gasteiger charge is 2.08. The molecule has 0 fully saturated rings. The third-order valence-corrected chi connectivity index (χ3v) is 3.61. The normalized spacial score (nSPS) is 11.4. The van der Waals surface area contributed by atoms with Gasteiger partial charge < -0.3 is 9.88 Å². The van der Waals surface area contributed by atoms with E-state index in [9.17, 15) is 0 Å². The lowest BCUT2D eigenvalue weighted by Gasteiger charge is -2.12. The lowest BCUT2D eigenvalue weighted by atomic mass is 10.2. The molecule has 2 heterocycles. The molecule has 0 saturated carbocycles. The molecule has 0 amide bonds. The van der Waals surface area contributed by atoms with Gasteiger partial charge in [-0.3, -0.25) is 4.68 Å². The first-order chi connectivity index (χ1) is 9.78. The van der Waals surface area contributed by atoms with Crippen molar-refractivity contribution < 1.29 is 0 Å². The molecule has 0 unspecified atom stereocenters. The van der Waals surface area contributed by atoms with Gasteiger partial charge in [-0.1, -0.05) is 13.8 Å². The Kier molecular flexibility index (Phi) is 5.29. The average Bonchev–Trinajstić information content (AvgIpc) is 3.10. The Bertz CT molecular complexity index is 511. The van der Waals surface area contributed by atoms with Crippen LogP contribution in [0, 0.1) is 0 Å². The number of hydrogen-bond donors (Lipinski definition) is 1. The first kappa shape index (κ1) is 14.7. The molecule has 0 radical (unpaired) electrons. The van der Waals surface area contributed by atoms with Crippen molar-refractivity contribution >= 4 is 0 Å². The number of aromatic nitrogens is 5. The lowest BCUT2D eigenvalue weighted by Crippen LogP contribution is -2.17. The Morgan fingerprint density at radius 3 is 2.70 bits per heavy atom. The highest BCUT2D eigenvalue weighted by atomic mass is 15.3. The molecule has 0 bridgehead atoms. The van der Waals surface area contributed by atoms with Crippen LogP contribution in [0.2, 0.25) is 0 Å². The van der Waals surface area contributed by atoms with Crippen molar-refractivity contribution in [1.29, 1.82) is 0 Å². The summed E-state index contributed by atoms with van der Waals surface area (Å²) in [4.78, 5) is 0. The van der Waals surface area contributed by atoms with Crippen LogP contribution >= 0.6 is 0 Å². The van der Waals surface area contributed by atoms with Gasteiger partial charge in [-0.25, -0.2) is 0 Å². The summed E-state index contributed by atoms with van der Waals surface area (Å²) in [7, 11) is 0. The van der Waals surface area contributed by atoms with Crippen molar-refractivity contribution in [2.75, 3.05) is 0 Å². The van der Waals surface area contributed by atoms with E-state index in [-0.39, 0.29) is 0 Å². The highest BCUT2D eigenvalue weighted by Crippen LogP contribution is 2.14. The molecule has 2 aromatic rings. The maximum absolute atomic E-state index is 4.63. The molecule has 1 N–H and O–H groups in total. The van der Waals surface area contributed by atoms with Gasteiger partial charge in [-0.05, 0) is 25.8 Å². The largest absolute Gasteiger partial charge is 0.317 e. The van der Waals surface area contributed by atoms with Crippen molar-refractivity contribution in [1.82, 2.24) is 29.9 Å². The van der Waals surface area contributed by atoms with Gasteiger partial charge in [-0.2, -0.15) is 5.10 Å². The van der Waals surface area contributed by atoms with Gasteiger partial charge in [0, 0.05) is 19.3 Å². The zero-order valence-electron chi connectivity index (χ0n) is 12.6. The Labute approximate surface area is 120 Å². The topological polar surface area (TPSA) is 60.6 Å². The van der Waals surface area contributed by atoms with Gasteiger partial charge in [0.1, 0.15) is 12.2 Å². The summed E-state index contributed by atoms with van der Waals surface area (Å²) in [5.41, 5.74) is 1.07. The molecule has 6 nitrogen and oxygen atoms in total. The average molecular weight is 276 g/mol. The molecular weight excluding hydrogens is 252 g/mol. The number of nitrogens with one attached hydrogen (secondary N) is 1. The molecule has 6 heteroatoms. The monoisotopic (exact) mass is 276 g/mol. The Morgan fingerprint density at radius 2 is 2.00 bits per heavy atom. The first-order valence-corrected chi connectivity index (χ1v) is 7.39. The molecule has 2 rings (SSSR count). The lowest BCUT2D eigenvalue weighted by molar-refractivity contribution is 0.424. The quantitative estimate of drug-likeness (QED) is 0.802. The maximum Gasteiger partial charge on any atom is 0.146 e. The summed E-state index contributed by atoms with van der Waals surface area (Å²) in [6.07, 6.45) is 6.07. The summed E-state index contributed by atoms with van der Waals surface area (Å²) in [6.45, 7) is 8.85. The molecule has 0 aromatic carbocycles. The molecule has 2 aromatic heterocycles. The van der Waals surface area contributed by atoms with Crippen molar-refractivity contribution in [3.8, 4) is 0 Å². The summed E-state index contributed by atoms with van der Waals surface area (Å²) >= 11 is 0. The fourth-order valence-corrected chi connectivity index (χ4v) is 2.32. The minimum atomic E-state index is 0.506. The van der Waals surface area contributed by atoms with Gasteiger partial charge in [0.2, 0.25) is 0 Å². The van der Waals surface area contributed by atoms with Crippen molar-refractivity contribution in [3.05, 3.63) is 30.1 Å². The van der Waals surface area contributed by atoms with E-state index in [1.807, 2.05) is 4.57 Å². The van der Waals surface area contributed by atoms with Crippen molar-refractivity contribution in [3.63, 3.8) is 0 Å². The molecule has 0 aliphatic heterocycles. The molecular formula is C14H24N6. The van der Waals surface area contributed by atoms with E-state index in [4.69, 9.17) is 0 Å². The SMILES string of the molecule is CCC(CC)n1ccc(CNCc2nncn2CC)n1. The van der Waals surface area contributed by atoms with Crippen LogP contribution in [0.1, 0.15) is 51.2 Å². The number of rotatable bonds is 8. The molecule has 110 valence electrons. The minimum absolute atomic E-state index is 0.506. The second kappa shape index (κ2) is 7.19. The molecule has 0 spiro atoms. The first-order valence-electron chi connectivity index (χ1n) is 7.39. The summed E-state index contributed by atoms with van der Waals surface area (Å²) in [5.74, 6) is 0.965. The zero-order chi connectivity index (χ0) is 14.4. The van der Waals surface area contributed by atoms with Crippen LogP contribution in [-0.4, -0.2) is 24.5 Å². The number of hydrogen-bond acceptors (Lipinski definition) is 4. The van der Waals surface area contributed by atoms with Gasteiger partial charge in [-0.15, -0.1) is 10.2 Å². The predicted molar refractivity (Wildman–Crippen MR) is 78.1 cm³/mol. The smallest absolute Gasteiger partial charge is 0.146 e. The standard InChI is InChI=1S/C14H24N6/c1-4-13(5-2)20-8-7-12(18-20)9-15-10-14-17-16-11-19(14)6-3/h7-8,11,13,15H,4-6,9-10H2,1-3H3. The van der Waals surface area contributed by atoms with Crippen molar-refractivity contribution in [2.24, 2.45) is 0 Å². The number of nitrogens with zero attached hydrogens (tertiary/aromatic N) is 5. The third kappa shape index (κ3) is 3.45. The number of aryl methyl sites for hydroxylation is 1. The highest BCUT2D eigenvalue weighted by molar-refractivity contribution is 4.99. The molecule has 0 atom stereocenters. The summed E-state index contributed by atoms with van der Waals surface area (Å²) in [6, 6.07) is 2.59. The van der Waals surface area contributed by atoms with Gasteiger partial charge in [0.05, 0.1) is 18.3 Å². The van der Waals surface area contributed by atoms with E-state index in [0.29, 0.717) is 12.6 Å². The second-order valence-corrected chi connectivity index (χ2v) is 4.89. The maximum atomic E-state index is 4.63. The van der Waals surface area contributed by atoms with E-state index in [2.05, 4.69) is 58.3 Å². The van der Waals surface area contributed by atoms with E-state index in [1.54, 1.807) is 6.33 Å². The van der Waals surface area contributed by atoms with Crippen LogP contribution in [0.25, 0.3) is 0 Å². The van der Waals surface area contributed by atoms with Crippen LogP contribution in [-0.2, 0) is 19.6 Å². The molecule has 0 saturated heterocycles. The molecule has 0 aliphatic rings. The van der Waals surface area contributed by atoms with Gasteiger partial charge in [0.15, 0.2) is 0 Å². The summed E-state index contributed by atoms with van der Waals surface area (Å²) in [5, 5.41) is 16.0. The molecule has 20 heavy (non-hydrogen) atoms. The van der Waals surface area contributed by atoms with Crippen molar-refractivity contribution in [2.45, 2.75) is 59.3 Å². The van der Waals surface area contributed by atoms with Crippen LogP contribution in [0.4, 0.5) is 0 Å². The van der Waals surface area contributed by atoms with Crippen LogP contribution in [0.15, 0.2) is 18.6 Å². The van der Waals surface area contributed by atoms with E-state index in [0.717, 1.165) is 37.4 Å². The fraction of sp³-hybridized carbons (Fsp3) is 0.643. The van der Waals surface area contributed by atoms with Gasteiger partial charge in [0.25, 0.3) is 0 Å². The Balaban J connectivity index is 1.85. The van der Waals surface area contributed by atoms with Gasteiger partial charge >= 0.3 is 0 Å². The van der Waals surface area contributed by atoms with E-state index >= 15 is 0 Å². The Hall–Kier alpha value is -1.69. The van der Waals surface area contributed by atoms with Crippen LogP contribution in [0.3, 0.4) is 0 Å². The molecule has 0 aliphatic carbocycles. The Morgan fingerprint density at radius 1 is 1.20 bits per heavy atom.